The molecule has 0 spiro atoms. The van der Waals surface area contributed by atoms with E-state index >= 15 is 4.39 Å². The predicted octanol–water partition coefficient (Wildman–Crippen LogP) is 3.98. The van der Waals surface area contributed by atoms with Crippen LogP contribution in [0.4, 0.5) is 8.78 Å². The number of nitrogens with zero attached hydrogens (tertiary/aromatic N) is 1. The minimum absolute atomic E-state index is 0.0306. The van der Waals surface area contributed by atoms with E-state index < -0.39 is 17.1 Å². The first kappa shape index (κ1) is 15.2. The monoisotopic (exact) mass is 315 g/mol. The fraction of sp³-hybridized carbons (Fsp3) is 0.167. The van der Waals surface area contributed by atoms with Gasteiger partial charge < -0.3 is 9.30 Å². The van der Waals surface area contributed by atoms with Crippen molar-refractivity contribution in [3.8, 4) is 16.9 Å². The van der Waals surface area contributed by atoms with Gasteiger partial charge in [-0.2, -0.15) is 0 Å². The van der Waals surface area contributed by atoms with Gasteiger partial charge in [0.1, 0.15) is 11.6 Å². The largest absolute Gasteiger partial charge is 0.496 e. The van der Waals surface area contributed by atoms with Crippen LogP contribution in [0.3, 0.4) is 0 Å². The molecule has 0 saturated carbocycles. The maximum Gasteiger partial charge on any atom is 0.189 e. The van der Waals surface area contributed by atoms with Crippen LogP contribution in [0.25, 0.3) is 22.0 Å². The van der Waals surface area contributed by atoms with Crippen molar-refractivity contribution in [2.75, 3.05) is 7.11 Å². The summed E-state index contributed by atoms with van der Waals surface area (Å²) >= 11 is 0. The highest BCUT2D eigenvalue weighted by Crippen LogP contribution is 2.36. The molecular weight excluding hydrogens is 300 g/mol. The summed E-state index contributed by atoms with van der Waals surface area (Å²) in [4.78, 5) is 12.0. The Labute approximate surface area is 131 Å². The van der Waals surface area contributed by atoms with E-state index in [2.05, 4.69) is 0 Å². The predicted molar refractivity (Wildman–Crippen MR) is 85.8 cm³/mol. The average molecular weight is 315 g/mol. The highest BCUT2D eigenvalue weighted by molar-refractivity contribution is 5.87. The molecule has 0 aliphatic rings. The zero-order valence-electron chi connectivity index (χ0n) is 12.8. The van der Waals surface area contributed by atoms with Gasteiger partial charge in [0.05, 0.1) is 23.6 Å². The number of ether oxygens (including phenoxy) is 1. The molecule has 1 aromatic heterocycles. The molecule has 0 fully saturated rings. The zero-order valence-corrected chi connectivity index (χ0v) is 12.8. The third-order valence-electron chi connectivity index (χ3n) is 3.87. The number of halogens is 2. The molecule has 0 radical (unpaired) electrons. The van der Waals surface area contributed by atoms with E-state index in [0.717, 1.165) is 6.07 Å². The molecule has 0 N–H and O–H groups in total. The number of rotatable bonds is 3. The van der Waals surface area contributed by atoms with Crippen molar-refractivity contribution in [2.24, 2.45) is 0 Å². The Hall–Kier alpha value is -2.69. The summed E-state index contributed by atoms with van der Waals surface area (Å²) in [6.07, 6.45) is 1.51. The second-order valence-electron chi connectivity index (χ2n) is 5.11. The van der Waals surface area contributed by atoms with Gasteiger partial charge in [0, 0.05) is 24.4 Å². The maximum atomic E-state index is 15.1. The van der Waals surface area contributed by atoms with Crippen LogP contribution >= 0.6 is 0 Å². The fourth-order valence-corrected chi connectivity index (χ4v) is 2.76. The Bertz CT molecular complexity index is 948. The van der Waals surface area contributed by atoms with Gasteiger partial charge in [-0.15, -0.1) is 0 Å². The standard InChI is InChI=1S/C18H15F2NO2/c1-3-21-9-8-14(22)12-10-13(19)16(17(20)18(12)21)11-6-4-5-7-15(11)23-2/h4-10H,3H2,1-2H3. The van der Waals surface area contributed by atoms with Crippen molar-refractivity contribution in [3.63, 3.8) is 0 Å². The Morgan fingerprint density at radius 3 is 2.61 bits per heavy atom. The fourth-order valence-electron chi connectivity index (χ4n) is 2.76. The number of para-hydroxylation sites is 1. The first-order valence-corrected chi connectivity index (χ1v) is 7.23. The van der Waals surface area contributed by atoms with Crippen molar-refractivity contribution in [2.45, 2.75) is 13.5 Å². The van der Waals surface area contributed by atoms with E-state index in [1.165, 1.54) is 19.4 Å². The number of hydrogen-bond acceptors (Lipinski definition) is 2. The lowest BCUT2D eigenvalue weighted by Crippen LogP contribution is -2.10. The molecule has 23 heavy (non-hydrogen) atoms. The number of benzene rings is 2. The smallest absolute Gasteiger partial charge is 0.189 e. The molecule has 0 aliphatic heterocycles. The van der Waals surface area contributed by atoms with Crippen LogP contribution in [0.15, 0.2) is 47.4 Å². The van der Waals surface area contributed by atoms with Crippen molar-refractivity contribution < 1.29 is 13.5 Å². The van der Waals surface area contributed by atoms with Crippen LogP contribution in [0.2, 0.25) is 0 Å². The number of hydrogen-bond donors (Lipinski definition) is 0. The molecule has 0 atom stereocenters. The Kier molecular flexibility index (Phi) is 3.86. The van der Waals surface area contributed by atoms with Crippen LogP contribution in [0, 0.1) is 11.6 Å². The summed E-state index contributed by atoms with van der Waals surface area (Å²) in [5.41, 5.74) is -0.190. The number of fused-ring (bicyclic) bond motifs is 1. The third-order valence-corrected chi connectivity index (χ3v) is 3.87. The molecule has 5 heteroatoms. The van der Waals surface area contributed by atoms with Gasteiger partial charge >= 0.3 is 0 Å². The molecular formula is C18H15F2NO2. The van der Waals surface area contributed by atoms with Crippen LogP contribution in [0.5, 0.6) is 5.75 Å². The molecule has 1 heterocycles. The first-order chi connectivity index (χ1) is 11.1. The molecule has 3 nitrogen and oxygen atoms in total. The summed E-state index contributed by atoms with van der Waals surface area (Å²) in [6.45, 7) is 2.29. The second-order valence-corrected chi connectivity index (χ2v) is 5.11. The van der Waals surface area contributed by atoms with E-state index in [0.29, 0.717) is 17.9 Å². The van der Waals surface area contributed by atoms with Gasteiger partial charge in [0.25, 0.3) is 0 Å². The van der Waals surface area contributed by atoms with Crippen LogP contribution < -0.4 is 10.2 Å². The number of methoxy groups -OCH3 is 1. The summed E-state index contributed by atoms with van der Waals surface area (Å²) in [5.74, 6) is -1.18. The van der Waals surface area contributed by atoms with Gasteiger partial charge in [-0.25, -0.2) is 8.78 Å². The molecule has 0 aliphatic carbocycles. The van der Waals surface area contributed by atoms with E-state index in [4.69, 9.17) is 4.74 Å². The van der Waals surface area contributed by atoms with Crippen LogP contribution in [-0.2, 0) is 6.54 Å². The summed E-state index contributed by atoms with van der Waals surface area (Å²) in [5, 5.41) is 0.0306. The molecule has 0 unspecified atom stereocenters. The van der Waals surface area contributed by atoms with Crippen molar-refractivity contribution >= 4 is 10.9 Å². The Balaban J connectivity index is 2.46. The number of pyridine rings is 1. The van der Waals surface area contributed by atoms with E-state index in [-0.39, 0.29) is 16.5 Å². The second kappa shape index (κ2) is 5.83. The molecule has 2 aromatic carbocycles. The lowest BCUT2D eigenvalue weighted by atomic mass is 10.0. The van der Waals surface area contributed by atoms with Gasteiger partial charge in [0.15, 0.2) is 11.2 Å². The minimum atomic E-state index is -0.787. The summed E-state index contributed by atoms with van der Waals surface area (Å²) < 4.78 is 36.4. The molecule has 0 bridgehead atoms. The van der Waals surface area contributed by atoms with Gasteiger partial charge in [-0.3, -0.25) is 4.79 Å². The molecule has 118 valence electrons. The lowest BCUT2D eigenvalue weighted by Gasteiger charge is -2.14. The molecule has 3 rings (SSSR count). The summed E-state index contributed by atoms with van der Waals surface area (Å²) in [7, 11) is 1.44. The number of aryl methyl sites for hydroxylation is 1. The topological polar surface area (TPSA) is 31.2 Å². The van der Waals surface area contributed by atoms with Gasteiger partial charge in [0.2, 0.25) is 0 Å². The maximum absolute atomic E-state index is 15.1. The normalized spacial score (nSPS) is 11.0. The number of aromatic nitrogens is 1. The van der Waals surface area contributed by atoms with Crippen molar-refractivity contribution in [3.05, 3.63) is 64.5 Å². The Morgan fingerprint density at radius 1 is 1.17 bits per heavy atom. The van der Waals surface area contributed by atoms with Crippen molar-refractivity contribution in [1.82, 2.24) is 4.57 Å². The summed E-state index contributed by atoms with van der Waals surface area (Å²) in [6, 6.07) is 9.03. The average Bonchev–Trinajstić information content (AvgIpc) is 2.56. The van der Waals surface area contributed by atoms with Crippen molar-refractivity contribution in [1.29, 1.82) is 0 Å². The van der Waals surface area contributed by atoms with Gasteiger partial charge in [-0.1, -0.05) is 18.2 Å². The molecule has 0 amide bonds. The van der Waals surface area contributed by atoms with E-state index in [9.17, 15) is 9.18 Å². The highest BCUT2D eigenvalue weighted by Gasteiger charge is 2.21. The zero-order chi connectivity index (χ0) is 16.6. The van der Waals surface area contributed by atoms with Gasteiger partial charge in [-0.05, 0) is 19.1 Å². The third kappa shape index (κ3) is 2.38. The lowest BCUT2D eigenvalue weighted by molar-refractivity contribution is 0.416. The SMILES string of the molecule is CCn1ccc(=O)c2cc(F)c(-c3ccccc3OC)c(F)c21. The molecule has 3 aromatic rings. The van der Waals surface area contributed by atoms with E-state index in [1.807, 2.05) is 6.92 Å². The molecule has 0 saturated heterocycles. The quantitative estimate of drug-likeness (QED) is 0.732. The minimum Gasteiger partial charge on any atom is -0.496 e. The van der Waals surface area contributed by atoms with Crippen LogP contribution in [0.1, 0.15) is 6.92 Å². The Morgan fingerprint density at radius 2 is 1.91 bits per heavy atom. The van der Waals surface area contributed by atoms with E-state index in [1.54, 1.807) is 28.8 Å². The first-order valence-electron chi connectivity index (χ1n) is 7.23. The van der Waals surface area contributed by atoms with Crippen LogP contribution in [-0.4, -0.2) is 11.7 Å². The highest BCUT2D eigenvalue weighted by atomic mass is 19.1.